The summed E-state index contributed by atoms with van der Waals surface area (Å²) in [6.07, 6.45) is 5.69. The van der Waals surface area contributed by atoms with Gasteiger partial charge in [0, 0.05) is 7.11 Å². The SMILES string of the molecule is CCNC(c1ccc(COC)o1)C1CC2CCC1C2. The summed E-state index contributed by atoms with van der Waals surface area (Å²) in [6, 6.07) is 4.58. The Morgan fingerprint density at radius 2 is 2.26 bits per heavy atom. The Balaban J connectivity index is 1.76. The van der Waals surface area contributed by atoms with E-state index < -0.39 is 0 Å². The third kappa shape index (κ3) is 2.59. The van der Waals surface area contributed by atoms with Crippen molar-refractivity contribution in [1.29, 1.82) is 0 Å². The number of nitrogens with one attached hydrogen (secondary N) is 1. The van der Waals surface area contributed by atoms with Gasteiger partial charge >= 0.3 is 0 Å². The number of hydrogen-bond donors (Lipinski definition) is 1. The van der Waals surface area contributed by atoms with Crippen LogP contribution in [-0.4, -0.2) is 13.7 Å². The second kappa shape index (κ2) is 5.68. The number of ether oxygens (including phenoxy) is 1. The van der Waals surface area contributed by atoms with Crippen LogP contribution in [0.1, 0.15) is 50.2 Å². The molecular formula is C16H25NO2. The molecule has 0 aliphatic heterocycles. The number of methoxy groups -OCH3 is 1. The average molecular weight is 263 g/mol. The van der Waals surface area contributed by atoms with Crippen LogP contribution in [0.15, 0.2) is 16.5 Å². The molecule has 2 bridgehead atoms. The molecule has 19 heavy (non-hydrogen) atoms. The van der Waals surface area contributed by atoms with Crippen LogP contribution in [-0.2, 0) is 11.3 Å². The lowest BCUT2D eigenvalue weighted by Crippen LogP contribution is -2.31. The van der Waals surface area contributed by atoms with Crippen LogP contribution in [0.5, 0.6) is 0 Å². The van der Waals surface area contributed by atoms with Crippen LogP contribution in [0, 0.1) is 17.8 Å². The summed E-state index contributed by atoms with van der Waals surface area (Å²) in [5.74, 6) is 4.69. The summed E-state index contributed by atoms with van der Waals surface area (Å²) in [5, 5.41) is 3.65. The highest BCUT2D eigenvalue weighted by molar-refractivity contribution is 5.13. The molecule has 0 spiro atoms. The number of rotatable bonds is 6. The highest BCUT2D eigenvalue weighted by Gasteiger charge is 2.44. The van der Waals surface area contributed by atoms with Gasteiger partial charge in [0.2, 0.25) is 0 Å². The Bertz CT molecular complexity index is 415. The monoisotopic (exact) mass is 263 g/mol. The van der Waals surface area contributed by atoms with Crippen LogP contribution < -0.4 is 5.32 Å². The maximum Gasteiger partial charge on any atom is 0.129 e. The second-order valence-corrected chi connectivity index (χ2v) is 6.11. The molecule has 3 heteroatoms. The van der Waals surface area contributed by atoms with Crippen molar-refractivity contribution >= 4 is 0 Å². The smallest absolute Gasteiger partial charge is 0.129 e. The Hall–Kier alpha value is -0.800. The molecule has 2 saturated carbocycles. The van der Waals surface area contributed by atoms with Crippen molar-refractivity contribution < 1.29 is 9.15 Å². The molecule has 1 aromatic rings. The molecule has 3 nitrogen and oxygen atoms in total. The van der Waals surface area contributed by atoms with Crippen molar-refractivity contribution in [2.24, 2.45) is 17.8 Å². The van der Waals surface area contributed by atoms with Gasteiger partial charge in [-0.3, -0.25) is 0 Å². The minimum Gasteiger partial charge on any atom is -0.462 e. The molecule has 2 aliphatic carbocycles. The topological polar surface area (TPSA) is 34.4 Å². The molecule has 4 atom stereocenters. The molecule has 0 amide bonds. The van der Waals surface area contributed by atoms with Crippen molar-refractivity contribution in [3.8, 4) is 0 Å². The summed E-state index contributed by atoms with van der Waals surface area (Å²) in [5.41, 5.74) is 0. The van der Waals surface area contributed by atoms with Gasteiger partial charge in [-0.1, -0.05) is 13.3 Å². The van der Waals surface area contributed by atoms with Gasteiger partial charge < -0.3 is 14.5 Å². The molecule has 1 heterocycles. The van der Waals surface area contributed by atoms with E-state index in [1.54, 1.807) is 7.11 Å². The van der Waals surface area contributed by atoms with Gasteiger partial charge in [0.15, 0.2) is 0 Å². The molecule has 1 aromatic heterocycles. The first-order valence-electron chi connectivity index (χ1n) is 7.62. The van der Waals surface area contributed by atoms with Gasteiger partial charge in [0.1, 0.15) is 18.1 Å². The van der Waals surface area contributed by atoms with E-state index in [9.17, 15) is 0 Å². The summed E-state index contributed by atoms with van der Waals surface area (Å²) in [6.45, 7) is 3.74. The highest BCUT2D eigenvalue weighted by atomic mass is 16.5. The van der Waals surface area contributed by atoms with Crippen LogP contribution in [0.2, 0.25) is 0 Å². The van der Waals surface area contributed by atoms with Gasteiger partial charge in [-0.25, -0.2) is 0 Å². The molecule has 4 unspecified atom stereocenters. The normalized spacial score (nSPS) is 30.9. The van der Waals surface area contributed by atoms with Crippen molar-refractivity contribution in [1.82, 2.24) is 5.32 Å². The fourth-order valence-corrected chi connectivity index (χ4v) is 4.17. The van der Waals surface area contributed by atoms with E-state index in [4.69, 9.17) is 9.15 Å². The van der Waals surface area contributed by atoms with Gasteiger partial charge in [-0.2, -0.15) is 0 Å². The van der Waals surface area contributed by atoms with E-state index >= 15 is 0 Å². The number of hydrogen-bond acceptors (Lipinski definition) is 3. The van der Waals surface area contributed by atoms with E-state index in [0.29, 0.717) is 12.6 Å². The predicted octanol–water partition coefficient (Wildman–Crippen LogP) is 3.51. The molecule has 2 fully saturated rings. The summed E-state index contributed by atoms with van der Waals surface area (Å²) < 4.78 is 11.1. The van der Waals surface area contributed by atoms with Crippen LogP contribution >= 0.6 is 0 Å². The molecule has 106 valence electrons. The summed E-state index contributed by atoms with van der Waals surface area (Å²) in [4.78, 5) is 0. The van der Waals surface area contributed by atoms with Crippen molar-refractivity contribution in [2.45, 2.75) is 45.3 Å². The summed E-state index contributed by atoms with van der Waals surface area (Å²) >= 11 is 0. The minimum absolute atomic E-state index is 0.394. The third-order valence-corrected chi connectivity index (χ3v) is 4.92. The fourth-order valence-electron chi connectivity index (χ4n) is 4.17. The third-order valence-electron chi connectivity index (χ3n) is 4.92. The zero-order chi connectivity index (χ0) is 13.2. The number of furan rings is 1. The maximum absolute atomic E-state index is 5.97. The first-order valence-corrected chi connectivity index (χ1v) is 7.62. The lowest BCUT2D eigenvalue weighted by molar-refractivity contribution is 0.157. The maximum atomic E-state index is 5.97. The van der Waals surface area contributed by atoms with Crippen LogP contribution in [0.3, 0.4) is 0 Å². The number of fused-ring (bicyclic) bond motifs is 2. The van der Waals surface area contributed by atoms with Crippen molar-refractivity contribution in [2.75, 3.05) is 13.7 Å². The van der Waals surface area contributed by atoms with Gasteiger partial charge in [-0.05, 0) is 55.7 Å². The second-order valence-electron chi connectivity index (χ2n) is 6.11. The molecule has 2 aliphatic rings. The zero-order valence-corrected chi connectivity index (χ0v) is 12.0. The van der Waals surface area contributed by atoms with E-state index in [1.807, 2.05) is 0 Å². The predicted molar refractivity (Wildman–Crippen MR) is 74.8 cm³/mol. The largest absolute Gasteiger partial charge is 0.462 e. The van der Waals surface area contributed by atoms with E-state index in [0.717, 1.165) is 35.8 Å². The minimum atomic E-state index is 0.394. The highest BCUT2D eigenvalue weighted by Crippen LogP contribution is 2.52. The van der Waals surface area contributed by atoms with Crippen LogP contribution in [0.4, 0.5) is 0 Å². The molecular weight excluding hydrogens is 238 g/mol. The first-order chi connectivity index (χ1) is 9.31. The Morgan fingerprint density at radius 3 is 2.89 bits per heavy atom. The molecule has 3 rings (SSSR count). The van der Waals surface area contributed by atoms with Crippen molar-refractivity contribution in [3.05, 3.63) is 23.7 Å². The average Bonchev–Trinajstić information content (AvgIpc) is 3.12. The standard InChI is InChI=1S/C16H25NO2/c1-3-17-16(14-9-11-4-5-12(14)8-11)15-7-6-13(19-15)10-18-2/h6-7,11-12,14,16-17H,3-5,8-10H2,1-2H3. The molecule has 0 saturated heterocycles. The van der Waals surface area contributed by atoms with E-state index in [-0.39, 0.29) is 0 Å². The first kappa shape index (κ1) is 13.2. The van der Waals surface area contributed by atoms with Gasteiger partial charge in [0.05, 0.1) is 6.04 Å². The molecule has 1 N–H and O–H groups in total. The quantitative estimate of drug-likeness (QED) is 0.853. The lowest BCUT2D eigenvalue weighted by Gasteiger charge is -2.29. The Kier molecular flexibility index (Phi) is 3.94. The van der Waals surface area contributed by atoms with E-state index in [2.05, 4.69) is 24.4 Å². The zero-order valence-electron chi connectivity index (χ0n) is 12.0. The van der Waals surface area contributed by atoms with Gasteiger partial charge in [0.25, 0.3) is 0 Å². The molecule has 0 aromatic carbocycles. The fraction of sp³-hybridized carbons (Fsp3) is 0.750. The Morgan fingerprint density at radius 1 is 1.37 bits per heavy atom. The lowest BCUT2D eigenvalue weighted by atomic mass is 9.82. The van der Waals surface area contributed by atoms with E-state index in [1.165, 1.54) is 25.7 Å². The van der Waals surface area contributed by atoms with Crippen LogP contribution in [0.25, 0.3) is 0 Å². The van der Waals surface area contributed by atoms with Crippen molar-refractivity contribution in [3.63, 3.8) is 0 Å². The molecule has 0 radical (unpaired) electrons. The Labute approximate surface area is 115 Å². The van der Waals surface area contributed by atoms with Gasteiger partial charge in [-0.15, -0.1) is 0 Å². The summed E-state index contributed by atoms with van der Waals surface area (Å²) in [7, 11) is 1.71.